The molecule has 1 fully saturated rings. The van der Waals surface area contributed by atoms with E-state index >= 15 is 0 Å². The van der Waals surface area contributed by atoms with Gasteiger partial charge in [-0.3, -0.25) is 4.90 Å². The highest BCUT2D eigenvalue weighted by atomic mass is 15.2. The molecular formula is C18H30N2. The average Bonchev–Trinajstić information content (AvgIpc) is 2.96. The molecular weight excluding hydrogens is 244 g/mol. The van der Waals surface area contributed by atoms with Gasteiger partial charge in [-0.05, 0) is 57.3 Å². The second-order valence-corrected chi connectivity index (χ2v) is 6.17. The first-order valence-electron chi connectivity index (χ1n) is 8.25. The first-order chi connectivity index (χ1) is 9.72. The lowest BCUT2D eigenvalue weighted by molar-refractivity contribution is 0.189. The van der Waals surface area contributed by atoms with Crippen molar-refractivity contribution in [3.8, 4) is 0 Å². The van der Waals surface area contributed by atoms with Crippen LogP contribution in [0.5, 0.6) is 0 Å². The molecule has 112 valence electrons. The highest BCUT2D eigenvalue weighted by molar-refractivity contribution is 5.28. The molecule has 0 spiro atoms. The summed E-state index contributed by atoms with van der Waals surface area (Å²) in [6.07, 6.45) is 5.24. The monoisotopic (exact) mass is 274 g/mol. The Bertz CT molecular complexity index is 396. The maximum atomic E-state index is 3.64. The van der Waals surface area contributed by atoms with E-state index in [2.05, 4.69) is 55.3 Å². The Balaban J connectivity index is 2.06. The van der Waals surface area contributed by atoms with Crippen LogP contribution in [0.2, 0.25) is 0 Å². The minimum absolute atomic E-state index is 0.519. The number of nitrogens with zero attached hydrogens (tertiary/aromatic N) is 1. The van der Waals surface area contributed by atoms with Gasteiger partial charge in [0.2, 0.25) is 0 Å². The van der Waals surface area contributed by atoms with Crippen LogP contribution in [0, 0.1) is 6.92 Å². The molecule has 0 aromatic heterocycles. The molecule has 1 saturated heterocycles. The van der Waals surface area contributed by atoms with E-state index in [-0.39, 0.29) is 0 Å². The zero-order valence-corrected chi connectivity index (χ0v) is 13.4. The minimum atomic E-state index is 0.519. The topological polar surface area (TPSA) is 15.3 Å². The molecule has 1 aliphatic rings. The van der Waals surface area contributed by atoms with E-state index in [1.54, 1.807) is 0 Å². The average molecular weight is 274 g/mol. The fraction of sp³-hybridized carbons (Fsp3) is 0.667. The second-order valence-electron chi connectivity index (χ2n) is 6.17. The van der Waals surface area contributed by atoms with Crippen molar-refractivity contribution < 1.29 is 0 Å². The number of aryl methyl sites for hydroxylation is 1. The van der Waals surface area contributed by atoms with Crippen LogP contribution >= 0.6 is 0 Å². The van der Waals surface area contributed by atoms with E-state index in [1.165, 1.54) is 56.4 Å². The van der Waals surface area contributed by atoms with E-state index in [9.17, 15) is 0 Å². The van der Waals surface area contributed by atoms with Gasteiger partial charge in [0.05, 0.1) is 0 Å². The number of hydrogen-bond donors (Lipinski definition) is 1. The van der Waals surface area contributed by atoms with Crippen LogP contribution in [0.1, 0.15) is 56.7 Å². The molecule has 2 rings (SSSR count). The Labute approximate surface area is 124 Å². The third-order valence-corrected chi connectivity index (χ3v) is 4.60. The Kier molecular flexibility index (Phi) is 6.06. The van der Waals surface area contributed by atoms with Crippen molar-refractivity contribution >= 4 is 0 Å². The summed E-state index contributed by atoms with van der Waals surface area (Å²) in [6.45, 7) is 10.5. The molecule has 2 nitrogen and oxygen atoms in total. The van der Waals surface area contributed by atoms with Gasteiger partial charge in [0.1, 0.15) is 0 Å². The third kappa shape index (κ3) is 4.07. The summed E-state index contributed by atoms with van der Waals surface area (Å²) in [4.78, 5) is 2.68. The Morgan fingerprint density at radius 2 is 2.15 bits per heavy atom. The molecule has 1 aliphatic heterocycles. The van der Waals surface area contributed by atoms with Gasteiger partial charge in [-0.2, -0.15) is 0 Å². The van der Waals surface area contributed by atoms with E-state index in [0.29, 0.717) is 12.1 Å². The molecule has 2 heteroatoms. The fourth-order valence-corrected chi connectivity index (χ4v) is 3.25. The number of nitrogens with one attached hydrogen (secondary N) is 1. The van der Waals surface area contributed by atoms with Crippen molar-refractivity contribution in [1.82, 2.24) is 10.2 Å². The van der Waals surface area contributed by atoms with Gasteiger partial charge >= 0.3 is 0 Å². The second kappa shape index (κ2) is 7.80. The maximum Gasteiger partial charge on any atom is 0.0323 e. The van der Waals surface area contributed by atoms with Gasteiger partial charge in [0.25, 0.3) is 0 Å². The first kappa shape index (κ1) is 15.5. The molecule has 1 aromatic rings. The largest absolute Gasteiger partial charge is 0.313 e. The summed E-state index contributed by atoms with van der Waals surface area (Å²) in [5, 5.41) is 3.64. The first-order valence-corrected chi connectivity index (χ1v) is 8.25. The van der Waals surface area contributed by atoms with Crippen molar-refractivity contribution in [3.63, 3.8) is 0 Å². The molecule has 0 radical (unpaired) electrons. The van der Waals surface area contributed by atoms with Gasteiger partial charge in [0.15, 0.2) is 0 Å². The number of rotatable bonds is 7. The molecule has 1 heterocycles. The zero-order chi connectivity index (χ0) is 14.4. The third-order valence-electron chi connectivity index (χ3n) is 4.60. The van der Waals surface area contributed by atoms with Gasteiger partial charge in [0, 0.05) is 18.6 Å². The van der Waals surface area contributed by atoms with Crippen LogP contribution in [-0.4, -0.2) is 30.6 Å². The summed E-state index contributed by atoms with van der Waals surface area (Å²) in [5.41, 5.74) is 2.91. The SMILES string of the molecule is CCCCN(CC1CCCN1)C(C)c1ccccc1C. The molecule has 0 bridgehead atoms. The zero-order valence-electron chi connectivity index (χ0n) is 13.4. The van der Waals surface area contributed by atoms with Crippen LogP contribution in [0.25, 0.3) is 0 Å². The highest BCUT2D eigenvalue weighted by Gasteiger charge is 2.22. The van der Waals surface area contributed by atoms with Gasteiger partial charge in [-0.1, -0.05) is 37.6 Å². The molecule has 20 heavy (non-hydrogen) atoms. The van der Waals surface area contributed by atoms with Crippen molar-refractivity contribution in [2.45, 2.75) is 58.5 Å². The van der Waals surface area contributed by atoms with Gasteiger partial charge < -0.3 is 5.32 Å². The van der Waals surface area contributed by atoms with E-state index in [0.717, 1.165) is 0 Å². The van der Waals surface area contributed by atoms with E-state index in [1.807, 2.05) is 0 Å². The molecule has 1 N–H and O–H groups in total. The quantitative estimate of drug-likeness (QED) is 0.811. The van der Waals surface area contributed by atoms with Crippen LogP contribution in [0.4, 0.5) is 0 Å². The van der Waals surface area contributed by atoms with Crippen LogP contribution in [0.15, 0.2) is 24.3 Å². The molecule has 2 unspecified atom stereocenters. The molecule has 0 saturated carbocycles. The van der Waals surface area contributed by atoms with Crippen molar-refractivity contribution in [3.05, 3.63) is 35.4 Å². The van der Waals surface area contributed by atoms with Crippen molar-refractivity contribution in [2.24, 2.45) is 0 Å². The van der Waals surface area contributed by atoms with Crippen LogP contribution < -0.4 is 5.32 Å². The molecule has 1 aromatic carbocycles. The minimum Gasteiger partial charge on any atom is -0.313 e. The van der Waals surface area contributed by atoms with E-state index < -0.39 is 0 Å². The van der Waals surface area contributed by atoms with Crippen molar-refractivity contribution in [2.75, 3.05) is 19.6 Å². The van der Waals surface area contributed by atoms with Gasteiger partial charge in [-0.25, -0.2) is 0 Å². The summed E-state index contributed by atoms with van der Waals surface area (Å²) >= 11 is 0. The molecule has 0 aliphatic carbocycles. The number of benzene rings is 1. The Morgan fingerprint density at radius 1 is 1.35 bits per heavy atom. The lowest BCUT2D eigenvalue weighted by atomic mass is 10.0. The summed E-state index contributed by atoms with van der Waals surface area (Å²) in [5.74, 6) is 0. The summed E-state index contributed by atoms with van der Waals surface area (Å²) in [7, 11) is 0. The predicted octanol–water partition coefficient (Wildman–Crippen LogP) is 3.91. The standard InChI is InChI=1S/C18H30N2/c1-4-5-13-20(14-17-10-8-12-19-17)16(3)18-11-7-6-9-15(18)2/h6-7,9,11,16-17,19H,4-5,8,10,12-14H2,1-3H3. The van der Waals surface area contributed by atoms with Crippen molar-refractivity contribution in [1.29, 1.82) is 0 Å². The van der Waals surface area contributed by atoms with Crippen LogP contribution in [-0.2, 0) is 0 Å². The lowest BCUT2D eigenvalue weighted by Crippen LogP contribution is -2.39. The summed E-state index contributed by atoms with van der Waals surface area (Å²) in [6, 6.07) is 10.0. The summed E-state index contributed by atoms with van der Waals surface area (Å²) < 4.78 is 0. The fourth-order valence-electron chi connectivity index (χ4n) is 3.25. The molecule has 2 atom stereocenters. The molecule has 0 amide bonds. The Morgan fingerprint density at radius 3 is 2.80 bits per heavy atom. The van der Waals surface area contributed by atoms with E-state index in [4.69, 9.17) is 0 Å². The smallest absolute Gasteiger partial charge is 0.0323 e. The highest BCUT2D eigenvalue weighted by Crippen LogP contribution is 2.24. The Hall–Kier alpha value is -0.860. The predicted molar refractivity (Wildman–Crippen MR) is 87.1 cm³/mol. The number of unbranched alkanes of at least 4 members (excludes halogenated alkanes) is 1. The lowest BCUT2D eigenvalue weighted by Gasteiger charge is -2.32. The number of hydrogen-bond acceptors (Lipinski definition) is 2. The normalized spacial score (nSPS) is 20.5. The van der Waals surface area contributed by atoms with Gasteiger partial charge in [-0.15, -0.1) is 0 Å². The van der Waals surface area contributed by atoms with Crippen LogP contribution in [0.3, 0.4) is 0 Å². The maximum absolute atomic E-state index is 3.64.